The van der Waals surface area contributed by atoms with Crippen LogP contribution >= 0.6 is 11.3 Å². The molecule has 3 aliphatic heterocycles. The highest BCUT2D eigenvalue weighted by molar-refractivity contribution is 7.21. The summed E-state index contributed by atoms with van der Waals surface area (Å²) >= 11 is 1.45. The predicted molar refractivity (Wildman–Crippen MR) is 148 cm³/mol. The summed E-state index contributed by atoms with van der Waals surface area (Å²) in [6, 6.07) is 2.57. The number of thiazole rings is 1. The van der Waals surface area contributed by atoms with Gasteiger partial charge >= 0.3 is 0 Å². The molecular weight excluding hydrogens is 532 g/mol. The maximum Gasteiger partial charge on any atom is 0.260 e. The van der Waals surface area contributed by atoms with Crippen molar-refractivity contribution in [2.45, 2.75) is 44.8 Å². The molecule has 2 fully saturated rings. The van der Waals surface area contributed by atoms with Crippen LogP contribution in [-0.4, -0.2) is 86.1 Å². The zero-order valence-corrected chi connectivity index (χ0v) is 22.9. The number of nitrogens with one attached hydrogen (secondary N) is 2. The van der Waals surface area contributed by atoms with Crippen molar-refractivity contribution in [3.05, 3.63) is 47.7 Å². The molecule has 3 aliphatic rings. The topological polar surface area (TPSA) is 128 Å². The molecule has 40 heavy (non-hydrogen) atoms. The highest BCUT2D eigenvalue weighted by atomic mass is 32.1. The van der Waals surface area contributed by atoms with Gasteiger partial charge in [-0.15, -0.1) is 11.3 Å². The van der Waals surface area contributed by atoms with Crippen molar-refractivity contribution in [3.63, 3.8) is 0 Å². The van der Waals surface area contributed by atoms with E-state index in [9.17, 15) is 9.59 Å². The van der Waals surface area contributed by atoms with E-state index in [1.54, 1.807) is 29.9 Å². The Bertz CT molecular complexity index is 1580. The van der Waals surface area contributed by atoms with Crippen molar-refractivity contribution in [1.82, 2.24) is 34.6 Å². The number of aryl methyl sites for hydroxylation is 2. The van der Waals surface area contributed by atoms with Gasteiger partial charge in [0.15, 0.2) is 0 Å². The van der Waals surface area contributed by atoms with Crippen molar-refractivity contribution in [1.29, 1.82) is 0 Å². The fourth-order valence-electron chi connectivity index (χ4n) is 5.76. The lowest BCUT2D eigenvalue weighted by molar-refractivity contribution is -0.0135. The molecular formula is C27H30N8O4S. The molecule has 4 aromatic rings. The van der Waals surface area contributed by atoms with Gasteiger partial charge in [-0.25, -0.2) is 9.20 Å². The number of anilines is 1. The molecule has 7 heterocycles. The quantitative estimate of drug-likeness (QED) is 0.352. The minimum Gasteiger partial charge on any atom is -0.477 e. The monoisotopic (exact) mass is 562 g/mol. The van der Waals surface area contributed by atoms with Gasteiger partial charge in [0.1, 0.15) is 4.83 Å². The first-order valence-electron chi connectivity index (χ1n) is 13.6. The maximum absolute atomic E-state index is 13.3. The van der Waals surface area contributed by atoms with E-state index in [1.165, 1.54) is 17.5 Å². The lowest BCUT2D eigenvalue weighted by Crippen LogP contribution is -2.48. The molecule has 2 N–H and O–H groups in total. The van der Waals surface area contributed by atoms with E-state index >= 15 is 0 Å². The van der Waals surface area contributed by atoms with E-state index in [0.717, 1.165) is 61.9 Å². The number of nitrogens with zero attached hydrogens (tertiary/aromatic N) is 6. The van der Waals surface area contributed by atoms with Crippen molar-refractivity contribution in [2.75, 3.05) is 38.2 Å². The molecule has 4 aromatic heterocycles. The number of aromatic nitrogens is 5. The molecule has 0 aliphatic carbocycles. The molecule has 0 radical (unpaired) electrons. The molecule has 0 spiro atoms. The van der Waals surface area contributed by atoms with Crippen LogP contribution in [0.1, 0.15) is 45.7 Å². The molecule has 2 saturated heterocycles. The van der Waals surface area contributed by atoms with Crippen LogP contribution in [0.25, 0.3) is 15.3 Å². The van der Waals surface area contributed by atoms with Crippen LogP contribution in [0.3, 0.4) is 0 Å². The van der Waals surface area contributed by atoms with Crippen molar-refractivity contribution < 1.29 is 19.1 Å². The molecule has 13 heteroatoms. The number of hydrogen-bond acceptors (Lipinski definition) is 9. The summed E-state index contributed by atoms with van der Waals surface area (Å²) < 4.78 is 15.0. The van der Waals surface area contributed by atoms with Gasteiger partial charge in [-0.3, -0.25) is 19.5 Å². The molecule has 2 bridgehead atoms. The molecule has 7 rings (SSSR count). The lowest BCUT2D eigenvalue weighted by Gasteiger charge is -2.34. The summed E-state index contributed by atoms with van der Waals surface area (Å²) in [5.41, 5.74) is 2.83. The summed E-state index contributed by atoms with van der Waals surface area (Å²) in [6.45, 7) is 6.16. The highest BCUT2D eigenvalue weighted by Gasteiger charge is 2.36. The number of amides is 2. The number of carbonyl (C=O) groups excluding carboxylic acids is 2. The summed E-state index contributed by atoms with van der Waals surface area (Å²) in [6.07, 6.45) is 10.00. The zero-order valence-electron chi connectivity index (χ0n) is 22.1. The van der Waals surface area contributed by atoms with Gasteiger partial charge < -0.3 is 20.1 Å². The Morgan fingerprint density at radius 2 is 1.98 bits per heavy atom. The van der Waals surface area contributed by atoms with Gasteiger partial charge in [-0.1, -0.05) is 0 Å². The van der Waals surface area contributed by atoms with Crippen LogP contribution in [0.5, 0.6) is 5.88 Å². The first-order chi connectivity index (χ1) is 19.5. The van der Waals surface area contributed by atoms with Gasteiger partial charge in [0, 0.05) is 50.5 Å². The summed E-state index contributed by atoms with van der Waals surface area (Å²) in [4.78, 5) is 34.7. The smallest absolute Gasteiger partial charge is 0.260 e. The molecule has 2 amide bonds. The van der Waals surface area contributed by atoms with E-state index in [4.69, 9.17) is 9.47 Å². The second kappa shape index (κ2) is 10.3. The molecule has 0 saturated carbocycles. The number of pyridine rings is 1. The van der Waals surface area contributed by atoms with E-state index in [1.807, 2.05) is 10.9 Å². The predicted octanol–water partition coefficient (Wildman–Crippen LogP) is 2.59. The zero-order chi connectivity index (χ0) is 27.2. The third kappa shape index (κ3) is 4.53. The first kappa shape index (κ1) is 25.2. The van der Waals surface area contributed by atoms with E-state index in [-0.39, 0.29) is 11.8 Å². The van der Waals surface area contributed by atoms with Crippen LogP contribution < -0.4 is 15.4 Å². The van der Waals surface area contributed by atoms with Gasteiger partial charge in [0.05, 0.1) is 65.2 Å². The van der Waals surface area contributed by atoms with E-state index in [0.29, 0.717) is 52.6 Å². The van der Waals surface area contributed by atoms with Crippen molar-refractivity contribution in [2.24, 2.45) is 0 Å². The fourth-order valence-corrected chi connectivity index (χ4v) is 6.82. The van der Waals surface area contributed by atoms with Crippen LogP contribution in [-0.2, 0) is 11.3 Å². The van der Waals surface area contributed by atoms with Crippen molar-refractivity contribution in [3.8, 4) is 16.3 Å². The second-order valence-electron chi connectivity index (χ2n) is 10.4. The van der Waals surface area contributed by atoms with Crippen LogP contribution in [0, 0.1) is 6.92 Å². The average Bonchev–Trinajstić information content (AvgIpc) is 3.71. The number of ether oxygens (including phenoxy) is 2. The normalized spacial score (nSPS) is 20.3. The van der Waals surface area contributed by atoms with Crippen LogP contribution in [0.2, 0.25) is 0 Å². The maximum atomic E-state index is 13.3. The standard InChI is InChI=1S/C27H30N8O4S/c1-16-22(9-17(10-29-16)24(36)28-5-7-33-18-3-4-19(33)15-38-14-18)32-25(37)21-12-31-35-13-23(40-27(21)35)20-11-30-34-6-2-8-39-26(20)34/h9-13,18-19H,2-8,14-15H2,1H3,(H,28,36)(H,32,37). The third-order valence-electron chi connectivity index (χ3n) is 7.89. The Kier molecular flexibility index (Phi) is 6.48. The lowest BCUT2D eigenvalue weighted by atomic mass is 10.2. The van der Waals surface area contributed by atoms with Gasteiger partial charge in [0.2, 0.25) is 5.88 Å². The number of hydrogen-bond donors (Lipinski definition) is 2. The summed E-state index contributed by atoms with van der Waals surface area (Å²) in [5.74, 6) is 0.212. The molecule has 2 atom stereocenters. The molecule has 0 aromatic carbocycles. The van der Waals surface area contributed by atoms with E-state index in [2.05, 4.69) is 30.7 Å². The number of morpholine rings is 1. The number of rotatable bonds is 7. The molecule has 208 valence electrons. The molecule has 12 nitrogen and oxygen atoms in total. The minimum atomic E-state index is -0.318. The van der Waals surface area contributed by atoms with Gasteiger partial charge in [-0.2, -0.15) is 10.2 Å². The first-order valence-corrected chi connectivity index (χ1v) is 14.4. The Hall–Kier alpha value is -3.81. The second-order valence-corrected chi connectivity index (χ2v) is 11.4. The SMILES string of the molecule is Cc1ncc(C(=O)NCCN2C3CCC2COC3)cc1NC(=O)c1cnn2cc(-c3cnn4c3OCCC4)sc12. The van der Waals surface area contributed by atoms with Gasteiger partial charge in [0.25, 0.3) is 11.8 Å². The molecule has 2 unspecified atom stereocenters. The summed E-state index contributed by atoms with van der Waals surface area (Å²) in [7, 11) is 0. The Balaban J connectivity index is 1.04. The largest absolute Gasteiger partial charge is 0.477 e. The third-order valence-corrected chi connectivity index (χ3v) is 9.04. The number of fused-ring (bicyclic) bond motifs is 4. The fraction of sp³-hybridized carbons (Fsp3) is 0.444. The summed E-state index contributed by atoms with van der Waals surface area (Å²) in [5, 5.41) is 14.7. The minimum absolute atomic E-state index is 0.217. The van der Waals surface area contributed by atoms with Crippen LogP contribution in [0.15, 0.2) is 30.9 Å². The van der Waals surface area contributed by atoms with Crippen molar-refractivity contribution >= 4 is 33.7 Å². The Labute approximate surface area is 234 Å². The average molecular weight is 563 g/mol. The Morgan fingerprint density at radius 3 is 2.83 bits per heavy atom. The highest BCUT2D eigenvalue weighted by Crippen LogP contribution is 2.37. The van der Waals surface area contributed by atoms with Gasteiger partial charge in [-0.05, 0) is 25.8 Å². The van der Waals surface area contributed by atoms with E-state index < -0.39 is 0 Å². The number of carbonyl (C=O) groups is 2. The van der Waals surface area contributed by atoms with Crippen LogP contribution in [0.4, 0.5) is 5.69 Å². The Morgan fingerprint density at radius 1 is 1.12 bits per heavy atom.